The van der Waals surface area contributed by atoms with Gasteiger partial charge in [0.1, 0.15) is 23.8 Å². The molecule has 0 radical (unpaired) electrons. The number of hydrogen-bond acceptors (Lipinski definition) is 4. The number of hydrogen-bond donors (Lipinski definition) is 0. The lowest BCUT2D eigenvalue weighted by atomic mass is 10.0. The third-order valence-electron chi connectivity index (χ3n) is 1.66. The van der Waals surface area contributed by atoms with E-state index in [0.717, 1.165) is 0 Å². The van der Waals surface area contributed by atoms with E-state index < -0.39 is 0 Å². The lowest BCUT2D eigenvalue weighted by Crippen LogP contribution is -2.06. The second kappa shape index (κ2) is 4.47. The number of Topliss-reactive ketones (excluding diaryl/α,β-unsaturated/α-hetero) is 1. The normalized spacial score (nSPS) is 9.86. The minimum Gasteiger partial charge on any atom is -0.292 e. The van der Waals surface area contributed by atoms with Crippen LogP contribution in [-0.2, 0) is 0 Å². The molecule has 0 aliphatic carbocycles. The van der Waals surface area contributed by atoms with Crippen LogP contribution in [0.2, 0.25) is 0 Å². The molecule has 0 aromatic carbocycles. The largest absolute Gasteiger partial charge is 0.292 e. The lowest BCUT2D eigenvalue weighted by Gasteiger charge is -2.02. The first-order valence-electron chi connectivity index (χ1n) is 4.39. The van der Waals surface area contributed by atoms with Gasteiger partial charge in [-0.1, -0.05) is 13.8 Å². The van der Waals surface area contributed by atoms with Crippen molar-refractivity contribution in [1.82, 2.24) is 9.97 Å². The van der Waals surface area contributed by atoms with Gasteiger partial charge in [0.25, 0.3) is 0 Å². The van der Waals surface area contributed by atoms with Crippen molar-refractivity contribution in [2.45, 2.75) is 20.3 Å². The van der Waals surface area contributed by atoms with Crippen molar-refractivity contribution in [3.8, 4) is 6.07 Å². The lowest BCUT2D eigenvalue weighted by molar-refractivity contribution is 0.0962. The first-order valence-corrected chi connectivity index (χ1v) is 4.39. The molecule has 1 aromatic heterocycles. The highest BCUT2D eigenvalue weighted by molar-refractivity contribution is 5.94. The average molecular weight is 189 g/mol. The molecule has 1 aromatic rings. The van der Waals surface area contributed by atoms with E-state index in [1.54, 1.807) is 0 Å². The minimum absolute atomic E-state index is 0.0427. The first-order chi connectivity index (χ1) is 6.63. The molecule has 0 aliphatic rings. The van der Waals surface area contributed by atoms with Crippen LogP contribution >= 0.6 is 0 Å². The maximum absolute atomic E-state index is 11.5. The third kappa shape index (κ3) is 2.63. The van der Waals surface area contributed by atoms with Crippen molar-refractivity contribution >= 4 is 5.78 Å². The maximum atomic E-state index is 11.5. The summed E-state index contributed by atoms with van der Waals surface area (Å²) in [6.45, 7) is 3.93. The number of aromatic nitrogens is 2. The van der Waals surface area contributed by atoms with Crippen LogP contribution in [0.4, 0.5) is 0 Å². The molecule has 0 amide bonds. The van der Waals surface area contributed by atoms with Crippen LogP contribution in [0.15, 0.2) is 12.4 Å². The number of nitriles is 1. The summed E-state index contributed by atoms with van der Waals surface area (Å²) in [5, 5.41) is 8.57. The molecule has 0 atom stereocenters. The number of nitrogens with zero attached hydrogens (tertiary/aromatic N) is 3. The Balaban J connectivity index is 2.86. The molecule has 0 aliphatic heterocycles. The molecule has 72 valence electrons. The van der Waals surface area contributed by atoms with Crippen molar-refractivity contribution in [1.29, 1.82) is 5.26 Å². The Kier molecular flexibility index (Phi) is 3.29. The second-order valence-electron chi connectivity index (χ2n) is 3.42. The molecule has 0 N–H and O–H groups in total. The zero-order chi connectivity index (χ0) is 10.6. The highest BCUT2D eigenvalue weighted by Crippen LogP contribution is 2.07. The highest BCUT2D eigenvalue weighted by Gasteiger charge is 2.10. The Bertz CT molecular complexity index is 379. The first kappa shape index (κ1) is 10.3. The van der Waals surface area contributed by atoms with E-state index in [1.807, 2.05) is 19.9 Å². The van der Waals surface area contributed by atoms with Crippen LogP contribution in [0.25, 0.3) is 0 Å². The topological polar surface area (TPSA) is 66.6 Å². The van der Waals surface area contributed by atoms with Crippen LogP contribution < -0.4 is 0 Å². The van der Waals surface area contributed by atoms with Gasteiger partial charge in [-0.25, -0.2) is 9.97 Å². The molecule has 4 nitrogen and oxygen atoms in total. The molecular weight excluding hydrogens is 178 g/mol. The van der Waals surface area contributed by atoms with Gasteiger partial charge in [0.05, 0.1) is 0 Å². The van der Waals surface area contributed by atoms with Crippen molar-refractivity contribution in [2.24, 2.45) is 5.92 Å². The van der Waals surface area contributed by atoms with Gasteiger partial charge in [0.2, 0.25) is 0 Å². The van der Waals surface area contributed by atoms with Gasteiger partial charge in [-0.2, -0.15) is 5.26 Å². The van der Waals surface area contributed by atoms with E-state index in [-0.39, 0.29) is 11.5 Å². The summed E-state index contributed by atoms with van der Waals surface area (Å²) in [6, 6.07) is 3.29. The summed E-state index contributed by atoms with van der Waals surface area (Å²) in [4.78, 5) is 19.0. The van der Waals surface area contributed by atoms with Gasteiger partial charge >= 0.3 is 0 Å². The van der Waals surface area contributed by atoms with Crippen LogP contribution in [0.1, 0.15) is 36.5 Å². The highest BCUT2D eigenvalue weighted by atomic mass is 16.1. The van der Waals surface area contributed by atoms with E-state index >= 15 is 0 Å². The molecule has 0 saturated carbocycles. The predicted molar refractivity (Wildman–Crippen MR) is 50.5 cm³/mol. The molecule has 1 heterocycles. The van der Waals surface area contributed by atoms with Crippen molar-refractivity contribution < 1.29 is 4.79 Å². The molecule has 1 rings (SSSR count). The standard InChI is InChI=1S/C10H11N3O/c1-7(2)3-10(14)9-4-8(5-11)12-6-13-9/h4,6-7H,3H2,1-2H3. The number of carbonyl (C=O) groups excluding carboxylic acids is 1. The molecule has 4 heteroatoms. The summed E-state index contributed by atoms with van der Waals surface area (Å²) in [6.07, 6.45) is 1.69. The van der Waals surface area contributed by atoms with Crippen molar-refractivity contribution in [3.05, 3.63) is 23.8 Å². The Morgan fingerprint density at radius 1 is 1.57 bits per heavy atom. The van der Waals surface area contributed by atoms with E-state index in [0.29, 0.717) is 18.0 Å². The van der Waals surface area contributed by atoms with Gasteiger partial charge in [0.15, 0.2) is 5.78 Å². The predicted octanol–water partition coefficient (Wildman–Crippen LogP) is 1.58. The fourth-order valence-electron chi connectivity index (χ4n) is 1.05. The SMILES string of the molecule is CC(C)CC(=O)c1cc(C#N)ncn1. The van der Waals surface area contributed by atoms with Gasteiger partial charge in [-0.3, -0.25) is 4.79 Å². The van der Waals surface area contributed by atoms with Crippen molar-refractivity contribution in [2.75, 3.05) is 0 Å². The Hall–Kier alpha value is -1.76. The van der Waals surface area contributed by atoms with E-state index in [1.165, 1.54) is 12.4 Å². The third-order valence-corrected chi connectivity index (χ3v) is 1.66. The Labute approximate surface area is 82.6 Å². The zero-order valence-electron chi connectivity index (χ0n) is 8.19. The minimum atomic E-state index is -0.0427. The van der Waals surface area contributed by atoms with E-state index in [4.69, 9.17) is 5.26 Å². The van der Waals surface area contributed by atoms with Crippen LogP contribution in [0.3, 0.4) is 0 Å². The molecule has 0 bridgehead atoms. The second-order valence-corrected chi connectivity index (χ2v) is 3.42. The molecule has 14 heavy (non-hydrogen) atoms. The fourth-order valence-corrected chi connectivity index (χ4v) is 1.05. The zero-order valence-corrected chi connectivity index (χ0v) is 8.19. The smallest absolute Gasteiger partial charge is 0.181 e. The molecule has 0 spiro atoms. The van der Waals surface area contributed by atoms with E-state index in [2.05, 4.69) is 9.97 Å². The van der Waals surface area contributed by atoms with Gasteiger partial charge in [-0.15, -0.1) is 0 Å². The summed E-state index contributed by atoms with van der Waals surface area (Å²) in [7, 11) is 0. The molecule has 0 fully saturated rings. The number of ketones is 1. The van der Waals surface area contributed by atoms with Gasteiger partial charge in [-0.05, 0) is 5.92 Å². The fraction of sp³-hybridized carbons (Fsp3) is 0.400. The molecule has 0 unspecified atom stereocenters. The number of rotatable bonds is 3. The Morgan fingerprint density at radius 3 is 2.86 bits per heavy atom. The molecule has 0 saturated heterocycles. The van der Waals surface area contributed by atoms with Crippen LogP contribution in [0.5, 0.6) is 0 Å². The quantitative estimate of drug-likeness (QED) is 0.677. The Morgan fingerprint density at radius 2 is 2.29 bits per heavy atom. The average Bonchev–Trinajstić information content (AvgIpc) is 2.17. The monoisotopic (exact) mass is 189 g/mol. The van der Waals surface area contributed by atoms with Crippen LogP contribution in [-0.4, -0.2) is 15.8 Å². The summed E-state index contributed by atoms with van der Waals surface area (Å²) < 4.78 is 0. The molecular formula is C10H11N3O. The van der Waals surface area contributed by atoms with Gasteiger partial charge in [0, 0.05) is 12.5 Å². The number of carbonyl (C=O) groups is 1. The van der Waals surface area contributed by atoms with E-state index in [9.17, 15) is 4.79 Å². The summed E-state index contributed by atoms with van der Waals surface area (Å²) in [5.41, 5.74) is 0.553. The van der Waals surface area contributed by atoms with Gasteiger partial charge < -0.3 is 0 Å². The summed E-state index contributed by atoms with van der Waals surface area (Å²) >= 11 is 0. The summed E-state index contributed by atoms with van der Waals surface area (Å²) in [5.74, 6) is 0.252. The van der Waals surface area contributed by atoms with Crippen LogP contribution in [0, 0.1) is 17.2 Å². The maximum Gasteiger partial charge on any atom is 0.181 e. The van der Waals surface area contributed by atoms with Crippen molar-refractivity contribution in [3.63, 3.8) is 0 Å².